The van der Waals surface area contributed by atoms with Crippen molar-refractivity contribution in [2.24, 2.45) is 5.92 Å². The van der Waals surface area contributed by atoms with Gasteiger partial charge in [0.15, 0.2) is 0 Å². The molecule has 1 atom stereocenters. The van der Waals surface area contributed by atoms with Gasteiger partial charge >= 0.3 is 0 Å². The highest BCUT2D eigenvalue weighted by Gasteiger charge is 2.13. The molecular formula is C14H31NO. The van der Waals surface area contributed by atoms with Crippen molar-refractivity contribution in [3.63, 3.8) is 0 Å². The van der Waals surface area contributed by atoms with Crippen molar-refractivity contribution in [2.75, 3.05) is 13.2 Å². The van der Waals surface area contributed by atoms with E-state index in [0.29, 0.717) is 6.10 Å². The molecule has 2 nitrogen and oxygen atoms in total. The van der Waals surface area contributed by atoms with Crippen molar-refractivity contribution < 1.29 is 4.74 Å². The molecule has 0 saturated carbocycles. The second-order valence-electron chi connectivity index (χ2n) is 5.99. The number of hydrogen-bond acceptors (Lipinski definition) is 2. The molecule has 0 bridgehead atoms. The van der Waals surface area contributed by atoms with Crippen LogP contribution in [0.5, 0.6) is 0 Å². The van der Waals surface area contributed by atoms with E-state index in [4.69, 9.17) is 4.74 Å². The van der Waals surface area contributed by atoms with Gasteiger partial charge in [0.2, 0.25) is 0 Å². The maximum Gasteiger partial charge on any atom is 0.0518 e. The lowest BCUT2D eigenvalue weighted by Crippen LogP contribution is -2.39. The molecule has 0 radical (unpaired) electrons. The summed E-state index contributed by atoms with van der Waals surface area (Å²) < 4.78 is 5.62. The Hall–Kier alpha value is -0.0800. The molecule has 2 heteroatoms. The second-order valence-corrected chi connectivity index (χ2v) is 5.99. The Morgan fingerprint density at radius 2 is 1.75 bits per heavy atom. The van der Waals surface area contributed by atoms with E-state index in [2.05, 4.69) is 46.9 Å². The first-order valence-electron chi connectivity index (χ1n) is 6.71. The van der Waals surface area contributed by atoms with Gasteiger partial charge in [-0.05, 0) is 59.9 Å². The van der Waals surface area contributed by atoms with Gasteiger partial charge in [-0.3, -0.25) is 0 Å². The van der Waals surface area contributed by atoms with E-state index in [9.17, 15) is 0 Å². The van der Waals surface area contributed by atoms with Gasteiger partial charge < -0.3 is 10.1 Å². The summed E-state index contributed by atoms with van der Waals surface area (Å²) in [5.74, 6) is 0.753. The Kier molecular flexibility index (Phi) is 8.04. The normalized spacial score (nSPS) is 14.4. The van der Waals surface area contributed by atoms with E-state index in [0.717, 1.165) is 19.1 Å². The zero-order valence-corrected chi connectivity index (χ0v) is 12.1. The molecule has 0 aromatic carbocycles. The third-order valence-corrected chi connectivity index (χ3v) is 2.60. The second kappa shape index (κ2) is 8.08. The van der Waals surface area contributed by atoms with Crippen LogP contribution < -0.4 is 5.32 Å². The van der Waals surface area contributed by atoms with Crippen molar-refractivity contribution in [2.45, 2.75) is 72.4 Å². The standard InChI is InChI=1S/C14H31NO/c1-7-8-13(9-10-16-12(2)3)11-15-14(4,5)6/h12-13,15H,7-11H2,1-6H3. The van der Waals surface area contributed by atoms with Crippen LogP contribution in [-0.2, 0) is 4.74 Å². The van der Waals surface area contributed by atoms with E-state index in [1.54, 1.807) is 0 Å². The lowest BCUT2D eigenvalue weighted by atomic mass is 9.98. The van der Waals surface area contributed by atoms with E-state index < -0.39 is 0 Å². The predicted molar refractivity (Wildman–Crippen MR) is 71.9 cm³/mol. The summed E-state index contributed by atoms with van der Waals surface area (Å²) in [7, 11) is 0. The number of hydrogen-bond donors (Lipinski definition) is 1. The van der Waals surface area contributed by atoms with Crippen LogP contribution in [-0.4, -0.2) is 24.8 Å². The highest BCUT2D eigenvalue weighted by Crippen LogP contribution is 2.12. The lowest BCUT2D eigenvalue weighted by Gasteiger charge is -2.25. The fourth-order valence-corrected chi connectivity index (χ4v) is 1.68. The molecule has 0 aromatic rings. The van der Waals surface area contributed by atoms with Gasteiger partial charge in [0.1, 0.15) is 0 Å². The van der Waals surface area contributed by atoms with Crippen LogP contribution in [0.15, 0.2) is 0 Å². The SMILES string of the molecule is CCCC(CCOC(C)C)CNC(C)(C)C. The minimum Gasteiger partial charge on any atom is -0.379 e. The predicted octanol–water partition coefficient (Wildman–Crippen LogP) is 3.61. The van der Waals surface area contributed by atoms with Crippen LogP contribution in [0.4, 0.5) is 0 Å². The van der Waals surface area contributed by atoms with Crippen molar-refractivity contribution in [3.05, 3.63) is 0 Å². The third kappa shape index (κ3) is 10.4. The lowest BCUT2D eigenvalue weighted by molar-refractivity contribution is 0.0668. The molecule has 0 saturated heterocycles. The Morgan fingerprint density at radius 3 is 2.19 bits per heavy atom. The van der Waals surface area contributed by atoms with Crippen LogP contribution in [0.1, 0.15) is 60.8 Å². The van der Waals surface area contributed by atoms with E-state index in [1.165, 1.54) is 19.3 Å². The molecule has 98 valence electrons. The summed E-state index contributed by atoms with van der Waals surface area (Å²) in [4.78, 5) is 0. The first kappa shape index (κ1) is 15.9. The zero-order chi connectivity index (χ0) is 12.6. The van der Waals surface area contributed by atoms with Gasteiger partial charge in [-0.25, -0.2) is 0 Å². The van der Waals surface area contributed by atoms with Gasteiger partial charge in [0.25, 0.3) is 0 Å². The smallest absolute Gasteiger partial charge is 0.0518 e. The minimum atomic E-state index is 0.227. The highest BCUT2D eigenvalue weighted by molar-refractivity contribution is 4.73. The average molecular weight is 229 g/mol. The van der Waals surface area contributed by atoms with Crippen LogP contribution in [0.25, 0.3) is 0 Å². The molecule has 16 heavy (non-hydrogen) atoms. The topological polar surface area (TPSA) is 21.3 Å². The van der Waals surface area contributed by atoms with Crippen molar-refractivity contribution in [1.82, 2.24) is 5.32 Å². The van der Waals surface area contributed by atoms with Gasteiger partial charge in [-0.15, -0.1) is 0 Å². The maximum absolute atomic E-state index is 5.62. The summed E-state index contributed by atoms with van der Waals surface area (Å²) in [6, 6.07) is 0. The fourth-order valence-electron chi connectivity index (χ4n) is 1.68. The summed E-state index contributed by atoms with van der Waals surface area (Å²) in [5, 5.41) is 3.59. The van der Waals surface area contributed by atoms with Gasteiger partial charge in [-0.1, -0.05) is 13.3 Å². The average Bonchev–Trinajstić information content (AvgIpc) is 2.12. The van der Waals surface area contributed by atoms with E-state index in [1.807, 2.05) is 0 Å². The minimum absolute atomic E-state index is 0.227. The van der Waals surface area contributed by atoms with Gasteiger partial charge in [0.05, 0.1) is 6.10 Å². The molecule has 1 unspecified atom stereocenters. The molecule has 0 heterocycles. The van der Waals surface area contributed by atoms with E-state index in [-0.39, 0.29) is 5.54 Å². The van der Waals surface area contributed by atoms with Crippen LogP contribution in [0.3, 0.4) is 0 Å². The first-order chi connectivity index (χ1) is 7.35. The molecule has 0 aromatic heterocycles. The van der Waals surface area contributed by atoms with Crippen molar-refractivity contribution >= 4 is 0 Å². The summed E-state index contributed by atoms with van der Waals surface area (Å²) in [5.41, 5.74) is 0.227. The largest absolute Gasteiger partial charge is 0.379 e. The summed E-state index contributed by atoms with van der Waals surface area (Å²) >= 11 is 0. The molecule has 0 amide bonds. The molecule has 0 aliphatic rings. The van der Waals surface area contributed by atoms with Crippen molar-refractivity contribution in [3.8, 4) is 0 Å². The Balaban J connectivity index is 3.79. The molecule has 0 aliphatic carbocycles. The molecule has 0 fully saturated rings. The Morgan fingerprint density at radius 1 is 1.12 bits per heavy atom. The first-order valence-corrected chi connectivity index (χ1v) is 6.71. The monoisotopic (exact) mass is 229 g/mol. The molecule has 0 aliphatic heterocycles. The van der Waals surface area contributed by atoms with Crippen LogP contribution in [0.2, 0.25) is 0 Å². The molecular weight excluding hydrogens is 198 g/mol. The third-order valence-electron chi connectivity index (χ3n) is 2.60. The number of rotatable bonds is 8. The molecule has 1 N–H and O–H groups in total. The Bertz CT molecular complexity index is 161. The number of nitrogens with one attached hydrogen (secondary N) is 1. The quantitative estimate of drug-likeness (QED) is 0.686. The maximum atomic E-state index is 5.62. The van der Waals surface area contributed by atoms with Crippen LogP contribution in [0, 0.1) is 5.92 Å². The molecule has 0 rings (SSSR count). The van der Waals surface area contributed by atoms with Crippen molar-refractivity contribution in [1.29, 1.82) is 0 Å². The van der Waals surface area contributed by atoms with Crippen LogP contribution >= 0.6 is 0 Å². The van der Waals surface area contributed by atoms with Gasteiger partial charge in [0, 0.05) is 12.1 Å². The Labute approximate surface area is 102 Å². The fraction of sp³-hybridized carbons (Fsp3) is 1.00. The van der Waals surface area contributed by atoms with E-state index >= 15 is 0 Å². The molecule has 0 spiro atoms. The zero-order valence-electron chi connectivity index (χ0n) is 12.1. The van der Waals surface area contributed by atoms with Gasteiger partial charge in [-0.2, -0.15) is 0 Å². The summed E-state index contributed by atoms with van der Waals surface area (Å²) in [6.07, 6.45) is 4.09. The highest BCUT2D eigenvalue weighted by atomic mass is 16.5. The number of ether oxygens (including phenoxy) is 1. The summed E-state index contributed by atoms with van der Waals surface area (Å²) in [6.45, 7) is 15.1.